The van der Waals surface area contributed by atoms with E-state index >= 15 is 0 Å². The summed E-state index contributed by atoms with van der Waals surface area (Å²) in [5, 5.41) is 10.7. The molecule has 0 fully saturated rings. The van der Waals surface area contributed by atoms with Crippen molar-refractivity contribution in [1.29, 1.82) is 0 Å². The molecule has 5 heteroatoms. The van der Waals surface area contributed by atoms with Crippen molar-refractivity contribution in [3.63, 3.8) is 0 Å². The number of hydrogen-bond acceptors (Lipinski definition) is 3. The Kier molecular flexibility index (Phi) is 3.33. The smallest absolute Gasteiger partial charge is 0.258 e. The number of nitro benzene ring substituents is 1. The van der Waals surface area contributed by atoms with Gasteiger partial charge in [-0.3, -0.25) is 10.1 Å². The summed E-state index contributed by atoms with van der Waals surface area (Å²) in [6, 6.07) is 3.56. The molecule has 0 radical (unpaired) electrons. The van der Waals surface area contributed by atoms with Crippen molar-refractivity contribution < 1.29 is 4.92 Å². The molecule has 0 saturated carbocycles. The molecule has 0 aliphatic heterocycles. The van der Waals surface area contributed by atoms with Crippen molar-refractivity contribution >= 4 is 33.4 Å². The summed E-state index contributed by atoms with van der Waals surface area (Å²) in [6.07, 6.45) is 1.83. The van der Waals surface area contributed by atoms with Crippen molar-refractivity contribution in [3.05, 3.63) is 32.3 Å². The molecule has 0 aromatic heterocycles. The monoisotopic (exact) mass is 261 g/mol. The van der Waals surface area contributed by atoms with Gasteiger partial charge in [0.2, 0.25) is 0 Å². The van der Waals surface area contributed by atoms with Gasteiger partial charge in [0.1, 0.15) is 0 Å². The Labute approximate surface area is 88.8 Å². The lowest BCUT2D eigenvalue weighted by Crippen LogP contribution is -1.92. The van der Waals surface area contributed by atoms with Crippen LogP contribution in [0.4, 0.5) is 5.69 Å². The number of nitrogens with zero attached hydrogens (tertiary/aromatic N) is 1. The molecule has 13 heavy (non-hydrogen) atoms. The minimum absolute atomic E-state index is 0.151. The van der Waals surface area contributed by atoms with Crippen LogP contribution in [-0.2, 0) is 0 Å². The van der Waals surface area contributed by atoms with Crippen molar-refractivity contribution in [2.24, 2.45) is 0 Å². The zero-order valence-corrected chi connectivity index (χ0v) is 9.61. The molecule has 0 N–H and O–H groups in total. The topological polar surface area (TPSA) is 43.1 Å². The van der Waals surface area contributed by atoms with Crippen LogP contribution in [-0.4, -0.2) is 11.2 Å². The van der Waals surface area contributed by atoms with Crippen LogP contribution in [0.25, 0.3) is 0 Å². The number of benzene rings is 1. The maximum absolute atomic E-state index is 10.7. The van der Waals surface area contributed by atoms with Crippen molar-refractivity contribution in [2.45, 2.75) is 11.8 Å². The van der Waals surface area contributed by atoms with E-state index in [0.717, 1.165) is 5.56 Å². The number of rotatable bonds is 2. The van der Waals surface area contributed by atoms with Gasteiger partial charge in [-0.15, -0.1) is 11.8 Å². The Morgan fingerprint density at radius 3 is 2.62 bits per heavy atom. The largest absolute Gasteiger partial charge is 0.296 e. The highest BCUT2D eigenvalue weighted by Crippen LogP contribution is 2.35. The Balaban J connectivity index is 3.38. The maximum atomic E-state index is 10.7. The first kappa shape index (κ1) is 10.5. The molecular formula is C8H8BrNO2S. The lowest BCUT2D eigenvalue weighted by atomic mass is 10.2. The average molecular weight is 262 g/mol. The van der Waals surface area contributed by atoms with Crippen molar-refractivity contribution in [3.8, 4) is 0 Å². The highest BCUT2D eigenvalue weighted by molar-refractivity contribution is 9.10. The van der Waals surface area contributed by atoms with Crippen molar-refractivity contribution in [1.82, 2.24) is 0 Å². The minimum atomic E-state index is -0.366. The van der Waals surface area contributed by atoms with Crippen LogP contribution in [0.5, 0.6) is 0 Å². The van der Waals surface area contributed by atoms with E-state index in [0.29, 0.717) is 9.37 Å². The van der Waals surface area contributed by atoms with Crippen LogP contribution < -0.4 is 0 Å². The molecule has 1 aromatic carbocycles. The molecule has 3 nitrogen and oxygen atoms in total. The zero-order valence-electron chi connectivity index (χ0n) is 7.20. The second kappa shape index (κ2) is 4.11. The molecule has 0 amide bonds. The molecule has 70 valence electrons. The number of halogens is 1. The predicted octanol–water partition coefficient (Wildman–Crippen LogP) is 3.39. The molecule has 0 aliphatic rings. The summed E-state index contributed by atoms with van der Waals surface area (Å²) in [5.74, 6) is 0. The van der Waals surface area contributed by atoms with Gasteiger partial charge in [0.25, 0.3) is 5.69 Å². The van der Waals surface area contributed by atoms with Crippen LogP contribution in [0.3, 0.4) is 0 Å². The van der Waals surface area contributed by atoms with Crippen LogP contribution in [0.15, 0.2) is 21.5 Å². The highest BCUT2D eigenvalue weighted by Gasteiger charge is 2.17. The van der Waals surface area contributed by atoms with Gasteiger partial charge in [0, 0.05) is 0 Å². The molecule has 0 aliphatic carbocycles. The molecule has 0 atom stereocenters. The first-order valence-corrected chi connectivity index (χ1v) is 5.56. The molecule has 1 rings (SSSR count). The fourth-order valence-electron chi connectivity index (χ4n) is 1.04. The van der Waals surface area contributed by atoms with E-state index in [9.17, 15) is 10.1 Å². The van der Waals surface area contributed by atoms with Crippen LogP contribution in [0.1, 0.15) is 5.56 Å². The fraction of sp³-hybridized carbons (Fsp3) is 0.250. The summed E-state index contributed by atoms with van der Waals surface area (Å²) in [7, 11) is 0. The van der Waals surface area contributed by atoms with Gasteiger partial charge in [0.15, 0.2) is 0 Å². The maximum Gasteiger partial charge on any atom is 0.296 e. The van der Waals surface area contributed by atoms with Gasteiger partial charge < -0.3 is 0 Å². The average Bonchev–Trinajstić information content (AvgIpc) is 2.01. The molecule has 0 bridgehead atoms. The van der Waals surface area contributed by atoms with Gasteiger partial charge in [-0.2, -0.15) is 0 Å². The standard InChI is InChI=1S/C8H8BrNO2S/c1-5-3-6(9)8(10(11)12)7(4-5)13-2/h3-4H,1-2H3. The second-order valence-corrected chi connectivity index (χ2v) is 4.26. The molecule has 1 aromatic rings. The number of thioether (sulfide) groups is 1. The zero-order chi connectivity index (χ0) is 10.0. The van der Waals surface area contributed by atoms with Crippen LogP contribution >= 0.6 is 27.7 Å². The van der Waals surface area contributed by atoms with E-state index in [4.69, 9.17) is 0 Å². The molecule has 0 spiro atoms. The van der Waals surface area contributed by atoms with Crippen molar-refractivity contribution in [2.75, 3.05) is 6.26 Å². The minimum Gasteiger partial charge on any atom is -0.258 e. The Bertz CT molecular complexity index is 354. The summed E-state index contributed by atoms with van der Waals surface area (Å²) in [4.78, 5) is 11.0. The van der Waals surface area contributed by atoms with E-state index in [2.05, 4.69) is 15.9 Å². The third kappa shape index (κ3) is 2.22. The first-order valence-electron chi connectivity index (χ1n) is 3.54. The number of hydrogen-bond donors (Lipinski definition) is 0. The summed E-state index contributed by atoms with van der Waals surface area (Å²) in [6.45, 7) is 1.91. The predicted molar refractivity (Wildman–Crippen MR) is 57.3 cm³/mol. The summed E-state index contributed by atoms with van der Waals surface area (Å²) < 4.78 is 0.543. The lowest BCUT2D eigenvalue weighted by molar-refractivity contribution is -0.388. The third-order valence-electron chi connectivity index (χ3n) is 1.58. The van der Waals surface area contributed by atoms with Gasteiger partial charge in [-0.25, -0.2) is 0 Å². The van der Waals surface area contributed by atoms with E-state index in [1.807, 2.05) is 19.2 Å². The van der Waals surface area contributed by atoms with Gasteiger partial charge in [0.05, 0.1) is 14.3 Å². The van der Waals surface area contributed by atoms with E-state index < -0.39 is 0 Å². The Morgan fingerprint density at radius 1 is 1.54 bits per heavy atom. The Morgan fingerprint density at radius 2 is 2.15 bits per heavy atom. The van der Waals surface area contributed by atoms with Crippen LogP contribution in [0, 0.1) is 17.0 Å². The normalized spacial score (nSPS) is 10.1. The van der Waals surface area contributed by atoms with Crippen LogP contribution in [0.2, 0.25) is 0 Å². The molecule has 0 heterocycles. The SMILES string of the molecule is CSc1cc(C)cc(Br)c1[N+](=O)[O-]. The molecule has 0 unspecified atom stereocenters. The van der Waals surface area contributed by atoms with E-state index in [1.54, 1.807) is 6.07 Å². The first-order chi connectivity index (χ1) is 6.06. The number of aryl methyl sites for hydroxylation is 1. The lowest BCUT2D eigenvalue weighted by Gasteiger charge is -2.02. The fourth-order valence-corrected chi connectivity index (χ4v) is 2.57. The molecule has 0 saturated heterocycles. The van der Waals surface area contributed by atoms with Gasteiger partial charge in [-0.1, -0.05) is 0 Å². The summed E-state index contributed by atoms with van der Waals surface area (Å²) >= 11 is 4.56. The second-order valence-electron chi connectivity index (χ2n) is 2.55. The quantitative estimate of drug-likeness (QED) is 0.466. The molecular weight excluding hydrogens is 254 g/mol. The number of nitro groups is 1. The van der Waals surface area contributed by atoms with Gasteiger partial charge >= 0.3 is 0 Å². The van der Waals surface area contributed by atoms with E-state index in [1.165, 1.54) is 11.8 Å². The Hall–Kier alpha value is -0.550. The third-order valence-corrected chi connectivity index (χ3v) is 2.93. The highest BCUT2D eigenvalue weighted by atomic mass is 79.9. The summed E-state index contributed by atoms with van der Waals surface area (Å²) in [5.41, 5.74) is 1.17. The van der Waals surface area contributed by atoms with E-state index in [-0.39, 0.29) is 10.6 Å². The van der Waals surface area contributed by atoms with Gasteiger partial charge in [-0.05, 0) is 46.8 Å².